The van der Waals surface area contributed by atoms with Crippen LogP contribution in [0.2, 0.25) is 0 Å². The molecule has 1 heterocycles. The van der Waals surface area contributed by atoms with E-state index in [2.05, 4.69) is 4.98 Å². The van der Waals surface area contributed by atoms with Gasteiger partial charge in [-0.05, 0) is 18.2 Å². The Morgan fingerprint density at radius 2 is 2.21 bits per heavy atom. The molecule has 19 heavy (non-hydrogen) atoms. The molecule has 2 rings (SSSR count). The summed E-state index contributed by atoms with van der Waals surface area (Å²) in [5, 5.41) is 0. The lowest BCUT2D eigenvalue weighted by atomic mass is 10.2. The first-order valence-electron chi connectivity index (χ1n) is 5.70. The Balaban J connectivity index is 2.19. The number of ether oxygens (including phenoxy) is 2. The van der Waals surface area contributed by atoms with Gasteiger partial charge in [-0.15, -0.1) is 0 Å². The van der Waals surface area contributed by atoms with Gasteiger partial charge in [0.25, 0.3) is 0 Å². The number of nitrogen functional groups attached to an aromatic ring is 1. The molecule has 1 aromatic heterocycles. The van der Waals surface area contributed by atoms with E-state index in [4.69, 9.17) is 15.2 Å². The predicted octanol–water partition coefficient (Wildman–Crippen LogP) is 2.03. The summed E-state index contributed by atoms with van der Waals surface area (Å²) >= 11 is 0. The third-order valence-corrected chi connectivity index (χ3v) is 2.53. The highest BCUT2D eigenvalue weighted by molar-refractivity contribution is 5.93. The van der Waals surface area contributed by atoms with Crippen LogP contribution in [0.5, 0.6) is 5.75 Å². The number of carbonyl (C=O) groups is 1. The number of pyridine rings is 1. The van der Waals surface area contributed by atoms with Crippen LogP contribution in [0.4, 0.5) is 5.69 Å². The van der Waals surface area contributed by atoms with Crippen LogP contribution in [0.1, 0.15) is 15.9 Å². The first-order chi connectivity index (χ1) is 9.20. The number of nitrogens with zero attached hydrogens (tertiary/aromatic N) is 1. The van der Waals surface area contributed by atoms with Gasteiger partial charge in [0.15, 0.2) is 0 Å². The molecule has 0 radical (unpaired) electrons. The van der Waals surface area contributed by atoms with Gasteiger partial charge in [0, 0.05) is 29.7 Å². The van der Waals surface area contributed by atoms with E-state index in [0.29, 0.717) is 23.6 Å². The minimum Gasteiger partial charge on any atom is -0.488 e. The SMILES string of the molecule is COC(=O)c1ccc(N)cc1OCc1cccnc1. The van der Waals surface area contributed by atoms with E-state index >= 15 is 0 Å². The van der Waals surface area contributed by atoms with E-state index in [9.17, 15) is 4.79 Å². The number of hydrogen-bond donors (Lipinski definition) is 1. The maximum atomic E-state index is 11.6. The van der Waals surface area contributed by atoms with Crippen LogP contribution < -0.4 is 10.5 Å². The fourth-order valence-corrected chi connectivity index (χ4v) is 1.58. The highest BCUT2D eigenvalue weighted by Crippen LogP contribution is 2.23. The summed E-state index contributed by atoms with van der Waals surface area (Å²) in [5.74, 6) is -0.0584. The summed E-state index contributed by atoms with van der Waals surface area (Å²) < 4.78 is 10.3. The Kier molecular flexibility index (Phi) is 3.97. The van der Waals surface area contributed by atoms with Gasteiger partial charge < -0.3 is 15.2 Å². The zero-order chi connectivity index (χ0) is 13.7. The molecular weight excluding hydrogens is 244 g/mol. The van der Waals surface area contributed by atoms with Crippen molar-refractivity contribution in [2.75, 3.05) is 12.8 Å². The van der Waals surface area contributed by atoms with Crippen molar-refractivity contribution in [2.24, 2.45) is 0 Å². The minimum atomic E-state index is -0.457. The number of carbonyl (C=O) groups excluding carboxylic acids is 1. The highest BCUT2D eigenvalue weighted by Gasteiger charge is 2.13. The Labute approximate surface area is 111 Å². The van der Waals surface area contributed by atoms with Crippen molar-refractivity contribution >= 4 is 11.7 Å². The molecule has 0 unspecified atom stereocenters. The van der Waals surface area contributed by atoms with Gasteiger partial charge >= 0.3 is 5.97 Å². The molecule has 0 atom stereocenters. The quantitative estimate of drug-likeness (QED) is 0.671. The molecule has 0 bridgehead atoms. The summed E-state index contributed by atoms with van der Waals surface area (Å²) in [5.41, 5.74) is 7.47. The predicted molar refractivity (Wildman–Crippen MR) is 70.8 cm³/mol. The Hall–Kier alpha value is -2.56. The summed E-state index contributed by atoms with van der Waals surface area (Å²) in [6.45, 7) is 0.307. The van der Waals surface area contributed by atoms with E-state index in [1.807, 2.05) is 12.1 Å². The third kappa shape index (κ3) is 3.22. The molecule has 0 aliphatic rings. The van der Waals surface area contributed by atoms with Crippen molar-refractivity contribution in [1.82, 2.24) is 4.98 Å². The molecule has 0 saturated heterocycles. The number of benzene rings is 1. The number of esters is 1. The van der Waals surface area contributed by atoms with Crippen LogP contribution in [0.3, 0.4) is 0 Å². The first kappa shape index (κ1) is 12.9. The van der Waals surface area contributed by atoms with Crippen molar-refractivity contribution < 1.29 is 14.3 Å². The number of methoxy groups -OCH3 is 1. The van der Waals surface area contributed by atoms with E-state index in [0.717, 1.165) is 5.56 Å². The molecule has 0 aliphatic carbocycles. The average Bonchev–Trinajstić information content (AvgIpc) is 2.45. The van der Waals surface area contributed by atoms with Crippen molar-refractivity contribution in [3.8, 4) is 5.75 Å². The van der Waals surface area contributed by atoms with Gasteiger partial charge in [-0.1, -0.05) is 6.07 Å². The number of hydrogen-bond acceptors (Lipinski definition) is 5. The Morgan fingerprint density at radius 1 is 1.37 bits per heavy atom. The lowest BCUT2D eigenvalue weighted by Gasteiger charge is -2.10. The van der Waals surface area contributed by atoms with Crippen LogP contribution in [-0.2, 0) is 11.3 Å². The van der Waals surface area contributed by atoms with Crippen LogP contribution in [0.15, 0.2) is 42.7 Å². The van der Waals surface area contributed by atoms with Crippen LogP contribution >= 0.6 is 0 Å². The summed E-state index contributed by atoms with van der Waals surface area (Å²) in [6, 6.07) is 8.52. The van der Waals surface area contributed by atoms with Gasteiger partial charge in [0.05, 0.1) is 7.11 Å². The van der Waals surface area contributed by atoms with Gasteiger partial charge in [-0.25, -0.2) is 4.79 Å². The second-order valence-corrected chi connectivity index (χ2v) is 3.90. The molecular formula is C14H14N2O3. The number of anilines is 1. The van der Waals surface area contributed by atoms with Crippen molar-refractivity contribution in [3.63, 3.8) is 0 Å². The summed E-state index contributed by atoms with van der Waals surface area (Å²) in [4.78, 5) is 15.6. The molecule has 5 heteroatoms. The van der Waals surface area contributed by atoms with Crippen LogP contribution in [0, 0.1) is 0 Å². The average molecular weight is 258 g/mol. The Bertz CT molecular complexity index is 570. The summed E-state index contributed by atoms with van der Waals surface area (Å²) in [7, 11) is 1.32. The lowest BCUT2D eigenvalue weighted by Crippen LogP contribution is -2.06. The van der Waals surface area contributed by atoms with E-state index < -0.39 is 5.97 Å². The molecule has 0 saturated carbocycles. The summed E-state index contributed by atoms with van der Waals surface area (Å²) in [6.07, 6.45) is 3.38. The van der Waals surface area contributed by atoms with Crippen LogP contribution in [-0.4, -0.2) is 18.1 Å². The Morgan fingerprint density at radius 3 is 2.89 bits per heavy atom. The lowest BCUT2D eigenvalue weighted by molar-refractivity contribution is 0.0595. The standard InChI is InChI=1S/C14H14N2O3/c1-18-14(17)12-5-4-11(15)7-13(12)19-9-10-3-2-6-16-8-10/h2-8H,9,15H2,1H3. The second kappa shape index (κ2) is 5.86. The third-order valence-electron chi connectivity index (χ3n) is 2.53. The fraction of sp³-hybridized carbons (Fsp3) is 0.143. The van der Waals surface area contributed by atoms with Crippen molar-refractivity contribution in [2.45, 2.75) is 6.61 Å². The number of nitrogens with two attached hydrogens (primary N) is 1. The zero-order valence-corrected chi connectivity index (χ0v) is 10.5. The molecule has 2 N–H and O–H groups in total. The zero-order valence-electron chi connectivity index (χ0n) is 10.5. The van der Waals surface area contributed by atoms with Crippen LogP contribution in [0.25, 0.3) is 0 Å². The largest absolute Gasteiger partial charge is 0.488 e. The van der Waals surface area contributed by atoms with E-state index in [1.165, 1.54) is 7.11 Å². The van der Waals surface area contributed by atoms with Gasteiger partial charge in [0.2, 0.25) is 0 Å². The van der Waals surface area contributed by atoms with Gasteiger partial charge in [-0.3, -0.25) is 4.98 Å². The molecule has 0 amide bonds. The molecule has 0 aliphatic heterocycles. The fourth-order valence-electron chi connectivity index (χ4n) is 1.58. The molecule has 0 spiro atoms. The molecule has 2 aromatic rings. The number of aromatic nitrogens is 1. The second-order valence-electron chi connectivity index (χ2n) is 3.90. The van der Waals surface area contributed by atoms with Gasteiger partial charge in [0.1, 0.15) is 17.9 Å². The van der Waals surface area contributed by atoms with Crippen molar-refractivity contribution in [3.05, 3.63) is 53.9 Å². The maximum Gasteiger partial charge on any atom is 0.341 e. The van der Waals surface area contributed by atoms with Gasteiger partial charge in [-0.2, -0.15) is 0 Å². The first-order valence-corrected chi connectivity index (χ1v) is 5.70. The normalized spacial score (nSPS) is 9.95. The smallest absolute Gasteiger partial charge is 0.341 e. The number of rotatable bonds is 4. The molecule has 0 fully saturated rings. The topological polar surface area (TPSA) is 74.4 Å². The van der Waals surface area contributed by atoms with E-state index in [1.54, 1.807) is 30.6 Å². The minimum absolute atomic E-state index is 0.307. The maximum absolute atomic E-state index is 11.6. The highest BCUT2D eigenvalue weighted by atomic mass is 16.5. The van der Waals surface area contributed by atoms with Crippen molar-refractivity contribution in [1.29, 1.82) is 0 Å². The molecule has 5 nitrogen and oxygen atoms in total. The monoisotopic (exact) mass is 258 g/mol. The molecule has 1 aromatic carbocycles. The van der Waals surface area contributed by atoms with E-state index in [-0.39, 0.29) is 0 Å². The molecule has 98 valence electrons.